The molecule has 0 aromatic heterocycles. The minimum absolute atomic E-state index is 0. The normalized spacial score (nSPS) is 16.1. The summed E-state index contributed by atoms with van der Waals surface area (Å²) in [4.78, 5) is 13.3. The van der Waals surface area contributed by atoms with Crippen molar-refractivity contribution in [3.8, 4) is 0 Å². The first-order chi connectivity index (χ1) is 26.9. The van der Waals surface area contributed by atoms with E-state index in [2.05, 4.69) is 56.2 Å². The predicted molar refractivity (Wildman–Crippen MR) is 216 cm³/mol. The Morgan fingerprint density at radius 1 is 0.915 bits per heavy atom. The number of carboxylic acids is 1. The Balaban J connectivity index is 0.00000177. The number of aliphatic carboxylic acids is 1. The molecule has 2 aromatic carbocycles. The van der Waals surface area contributed by atoms with E-state index in [0.29, 0.717) is 6.54 Å². The third-order valence-electron chi connectivity index (χ3n) is 9.35. The largest absolute Gasteiger partial charge is 1.00 e. The van der Waals surface area contributed by atoms with Crippen molar-refractivity contribution < 1.29 is 113 Å². The summed E-state index contributed by atoms with van der Waals surface area (Å²) < 4.78 is 114. The molecule has 0 saturated carbocycles. The van der Waals surface area contributed by atoms with Gasteiger partial charge in [-0.1, -0.05) is 70.6 Å². The molecule has 2 aliphatic heterocycles. The number of rotatable bonds is 16. The fourth-order valence-electron chi connectivity index (χ4n) is 6.72. The number of sulfonamides is 1. The number of carboxylic acid groups (broad SMARTS) is 1. The molecule has 1 N–H and O–H groups in total. The Hall–Kier alpha value is -2.96. The molecule has 2 aliphatic rings. The van der Waals surface area contributed by atoms with E-state index in [0.717, 1.165) is 46.9 Å². The van der Waals surface area contributed by atoms with Crippen molar-refractivity contribution in [2.45, 2.75) is 76.0 Å². The van der Waals surface area contributed by atoms with E-state index >= 15 is 0 Å². The van der Waals surface area contributed by atoms with E-state index < -0.39 is 58.5 Å². The Kier molecular flexibility index (Phi) is 21.9. The van der Waals surface area contributed by atoms with E-state index in [9.17, 15) is 26.2 Å². The van der Waals surface area contributed by atoms with Crippen LogP contribution in [-0.2, 0) is 57.0 Å². The van der Waals surface area contributed by atoms with Crippen LogP contribution >= 0.6 is 0 Å². The Morgan fingerprint density at radius 2 is 1.51 bits per heavy atom. The van der Waals surface area contributed by atoms with E-state index in [4.69, 9.17) is 30.4 Å². The molecule has 0 spiro atoms. The first-order valence-corrected chi connectivity index (χ1v) is 22.9. The van der Waals surface area contributed by atoms with Crippen LogP contribution in [0.4, 0.5) is 11.4 Å². The molecular weight excluding hydrogens is 874 g/mol. The van der Waals surface area contributed by atoms with Crippen LogP contribution in [0.15, 0.2) is 89.5 Å². The topological polar surface area (TPSA) is 241 Å². The molecule has 0 unspecified atom stereocenters. The third kappa shape index (κ3) is 15.8. The molecule has 16 nitrogen and oxygen atoms in total. The third-order valence-corrected chi connectivity index (χ3v) is 12.0. The number of hydrogen-bond acceptors (Lipinski definition) is 13. The van der Waals surface area contributed by atoms with Gasteiger partial charge in [0, 0.05) is 67.0 Å². The van der Waals surface area contributed by atoms with E-state index in [1.54, 1.807) is 12.1 Å². The molecule has 318 valence electrons. The van der Waals surface area contributed by atoms with Crippen molar-refractivity contribution in [2.75, 3.05) is 37.3 Å². The van der Waals surface area contributed by atoms with Gasteiger partial charge in [0.15, 0.2) is 5.71 Å². The molecule has 0 radical (unpaired) electrons. The summed E-state index contributed by atoms with van der Waals surface area (Å²) in [5.74, 6) is -1.37. The quantitative estimate of drug-likeness (QED) is 0.0814. The van der Waals surface area contributed by atoms with Gasteiger partial charge < -0.3 is 14.6 Å². The number of carbonyl (C=O) groups is 1. The smallest absolute Gasteiger partial charge is 0.748 e. The second-order valence-corrected chi connectivity index (χ2v) is 18.5. The predicted octanol–water partition coefficient (Wildman–Crippen LogP) is 1.04. The molecule has 4 rings (SSSR count). The van der Waals surface area contributed by atoms with E-state index in [1.165, 1.54) is 11.4 Å². The summed E-state index contributed by atoms with van der Waals surface area (Å²) in [5.41, 5.74) is 5.19. The van der Waals surface area contributed by atoms with Crippen LogP contribution in [0.3, 0.4) is 0 Å². The van der Waals surface area contributed by atoms with Gasteiger partial charge >= 0.3 is 78.6 Å². The molecule has 21 heteroatoms. The second-order valence-electron chi connectivity index (χ2n) is 14.1. The van der Waals surface area contributed by atoms with Crippen molar-refractivity contribution >= 4 is 64.4 Å². The van der Waals surface area contributed by atoms with Gasteiger partial charge in [0.05, 0.1) is 15.0 Å². The summed E-state index contributed by atoms with van der Waals surface area (Å²) in [6.07, 6.45) is 15.0. The van der Waals surface area contributed by atoms with Gasteiger partial charge in [-0.15, -0.1) is 31.3 Å². The zero-order valence-corrected chi connectivity index (χ0v) is 40.4. The molecule has 2 aromatic rings. The SMILES string of the molecule is CCCN1/C(=C/C=C/C=C/C=C/C2=[N+](CCCS(=O)(=O)[O-])c3cc[c-]cc3C2(C)C)C(C)(C)c2cc(S(=O)(=O)N(C)CCCC(=O)O)ccc21.O=S(=O)=O.O=S(=O)=O.[K+]. The first-order valence-electron chi connectivity index (χ1n) is 17.8. The number of fused-ring (bicyclic) bond motifs is 2. The number of hydrogen-bond donors (Lipinski definition) is 1. The molecule has 0 atom stereocenters. The van der Waals surface area contributed by atoms with E-state index in [-0.39, 0.29) is 87.5 Å². The number of nitrogens with zero attached hydrogens (tertiary/aromatic N) is 3. The van der Waals surface area contributed by atoms with Crippen molar-refractivity contribution in [2.24, 2.45) is 0 Å². The van der Waals surface area contributed by atoms with Crippen LogP contribution in [0.2, 0.25) is 0 Å². The van der Waals surface area contributed by atoms with Crippen LogP contribution in [0.25, 0.3) is 0 Å². The Labute approximate surface area is 392 Å². The summed E-state index contributed by atoms with van der Waals surface area (Å²) in [5, 5.41) is 8.94. The van der Waals surface area contributed by atoms with Crippen LogP contribution in [0.1, 0.15) is 71.4 Å². The van der Waals surface area contributed by atoms with Crippen LogP contribution in [0.5, 0.6) is 0 Å². The summed E-state index contributed by atoms with van der Waals surface area (Å²) in [6, 6.07) is 14.1. The summed E-state index contributed by atoms with van der Waals surface area (Å²) in [6.45, 7) is 11.8. The van der Waals surface area contributed by atoms with Crippen molar-refractivity contribution in [1.82, 2.24) is 4.31 Å². The minimum atomic E-state index is -4.30. The van der Waals surface area contributed by atoms with Crippen molar-refractivity contribution in [3.05, 3.63) is 102 Å². The standard InChI is InChI=1S/C38H49N3O7S2.K.2O3S/c1-7-24-40-33-23-22-29(50(47,48)39(6)25-15-21-36(42)43)28-31(33)38(4,5)35(40)20-12-10-8-9-11-19-34-37(2,3)30-17-13-14-18-32(30)41(34)26-16-27-49(44,45)46;;2*1-4(2)3/h8-12,14,17-20,22-23,28H,7,15-16,21,24-27H2,1-6H3,(H,42,43)(H,44,45,46);;;/q;+1;;/p-1. The van der Waals surface area contributed by atoms with Crippen molar-refractivity contribution in [3.63, 3.8) is 0 Å². The van der Waals surface area contributed by atoms with Gasteiger partial charge in [-0.3, -0.25) is 4.79 Å². The number of allylic oxidation sites excluding steroid dienone is 8. The first kappa shape index (κ1) is 54.1. The fourth-order valence-corrected chi connectivity index (χ4v) is 8.44. The molecule has 0 saturated heterocycles. The molecule has 0 aliphatic carbocycles. The van der Waals surface area contributed by atoms with Crippen molar-refractivity contribution in [1.29, 1.82) is 0 Å². The number of benzene rings is 2. The maximum Gasteiger partial charge on any atom is 1.00 e. The van der Waals surface area contributed by atoms with Gasteiger partial charge in [-0.05, 0) is 42.7 Å². The molecule has 59 heavy (non-hydrogen) atoms. The Morgan fingerprint density at radius 3 is 2.08 bits per heavy atom. The summed E-state index contributed by atoms with van der Waals surface area (Å²) in [7, 11) is -12.8. The average Bonchev–Trinajstić information content (AvgIpc) is 3.44. The van der Waals surface area contributed by atoms with Gasteiger partial charge in [0.1, 0.15) is 12.2 Å². The average molecular weight is 922 g/mol. The molecular formula is C38H48KN3O13S4. The zero-order chi connectivity index (χ0) is 44.1. The maximum atomic E-state index is 13.4. The van der Waals surface area contributed by atoms with Gasteiger partial charge in [0.2, 0.25) is 10.0 Å². The van der Waals surface area contributed by atoms with Crippen LogP contribution in [0, 0.1) is 6.07 Å². The van der Waals surface area contributed by atoms with Crippen LogP contribution in [-0.4, -0.2) is 105 Å². The van der Waals surface area contributed by atoms with E-state index in [1.807, 2.05) is 60.7 Å². The second kappa shape index (κ2) is 23.9. The fraction of sp³-hybridized carbons (Fsp3) is 0.421. The molecule has 0 bridgehead atoms. The monoisotopic (exact) mass is 921 g/mol. The minimum Gasteiger partial charge on any atom is -0.748 e. The molecule has 0 amide bonds. The van der Waals surface area contributed by atoms with Gasteiger partial charge in [0.25, 0.3) is 0 Å². The van der Waals surface area contributed by atoms with Gasteiger partial charge in [-0.25, -0.2) is 25.7 Å². The Bertz CT molecular complexity index is 2400. The number of anilines is 1. The van der Waals surface area contributed by atoms with Crippen LogP contribution < -0.4 is 56.3 Å². The summed E-state index contributed by atoms with van der Waals surface area (Å²) >= 11 is 0. The van der Waals surface area contributed by atoms with Gasteiger partial charge in [-0.2, -0.15) is 18.2 Å². The molecule has 2 heterocycles. The zero-order valence-electron chi connectivity index (χ0n) is 34.0. The molecule has 0 fully saturated rings. The maximum absolute atomic E-state index is 13.4.